The zero-order chi connectivity index (χ0) is 15.1. The maximum Gasteiger partial charge on any atom is 0.387 e. The Morgan fingerprint density at radius 1 is 1.33 bits per heavy atom. The van der Waals surface area contributed by atoms with E-state index in [-0.39, 0.29) is 11.5 Å². The maximum absolute atomic E-state index is 12.3. The summed E-state index contributed by atoms with van der Waals surface area (Å²) in [7, 11) is 1.41. The van der Waals surface area contributed by atoms with Gasteiger partial charge in [0.05, 0.1) is 13.4 Å². The fraction of sp³-hybridized carbons (Fsp3) is 0.357. The van der Waals surface area contributed by atoms with Gasteiger partial charge in [-0.2, -0.15) is 8.78 Å². The molecule has 0 unspecified atom stereocenters. The number of halogens is 2. The van der Waals surface area contributed by atoms with Crippen LogP contribution in [0.1, 0.15) is 11.3 Å². The first-order valence-corrected chi connectivity index (χ1v) is 6.48. The molecule has 0 amide bonds. The fourth-order valence-electron chi connectivity index (χ4n) is 1.90. The van der Waals surface area contributed by atoms with E-state index in [0.29, 0.717) is 6.54 Å². The molecular weight excluding hydrogens is 280 g/mol. The molecule has 1 aromatic heterocycles. The Morgan fingerprint density at radius 3 is 2.86 bits per heavy atom. The van der Waals surface area contributed by atoms with Gasteiger partial charge in [0.1, 0.15) is 0 Å². The smallest absolute Gasteiger partial charge is 0.387 e. The van der Waals surface area contributed by atoms with Gasteiger partial charge in [-0.1, -0.05) is 6.07 Å². The first kappa shape index (κ1) is 15.2. The second-order valence-corrected chi connectivity index (χ2v) is 4.37. The van der Waals surface area contributed by atoms with Gasteiger partial charge in [0.15, 0.2) is 11.5 Å². The molecule has 0 radical (unpaired) electrons. The molecule has 7 heteroatoms. The molecule has 5 nitrogen and oxygen atoms in total. The van der Waals surface area contributed by atoms with Gasteiger partial charge in [0, 0.05) is 31.4 Å². The topological polar surface area (TPSA) is 59.2 Å². The molecule has 2 rings (SSSR count). The molecule has 0 bridgehead atoms. The van der Waals surface area contributed by atoms with Crippen LogP contribution in [0.2, 0.25) is 0 Å². The highest BCUT2D eigenvalue weighted by molar-refractivity contribution is 5.42. The summed E-state index contributed by atoms with van der Waals surface area (Å²) >= 11 is 0. The summed E-state index contributed by atoms with van der Waals surface area (Å²) in [4.78, 5) is 6.94. The van der Waals surface area contributed by atoms with Crippen LogP contribution < -0.4 is 14.8 Å². The number of benzene rings is 1. The van der Waals surface area contributed by atoms with Gasteiger partial charge in [-0.25, -0.2) is 4.98 Å². The van der Waals surface area contributed by atoms with Crippen molar-refractivity contribution in [2.24, 2.45) is 0 Å². The van der Waals surface area contributed by atoms with Crippen LogP contribution in [-0.4, -0.2) is 30.2 Å². The third-order valence-electron chi connectivity index (χ3n) is 2.90. The summed E-state index contributed by atoms with van der Waals surface area (Å²) in [5.41, 5.74) is 1.88. The second-order valence-electron chi connectivity index (χ2n) is 4.37. The van der Waals surface area contributed by atoms with Crippen molar-refractivity contribution in [1.82, 2.24) is 15.3 Å². The molecule has 1 aromatic carbocycles. The summed E-state index contributed by atoms with van der Waals surface area (Å²) in [6.07, 6.45) is 4.22. The minimum atomic E-state index is -2.87. The van der Waals surface area contributed by atoms with E-state index in [1.54, 1.807) is 30.7 Å². The van der Waals surface area contributed by atoms with Crippen molar-refractivity contribution in [3.63, 3.8) is 0 Å². The Labute approximate surface area is 121 Å². The normalized spacial score (nSPS) is 10.9. The number of imidazole rings is 1. The van der Waals surface area contributed by atoms with Crippen LogP contribution in [-0.2, 0) is 13.0 Å². The van der Waals surface area contributed by atoms with Crippen LogP contribution in [0.25, 0.3) is 0 Å². The Morgan fingerprint density at radius 2 is 2.19 bits per heavy atom. The predicted octanol–water partition coefficient (Wildman–Crippen LogP) is 2.35. The number of hydrogen-bond donors (Lipinski definition) is 2. The van der Waals surface area contributed by atoms with Crippen molar-refractivity contribution in [3.8, 4) is 11.5 Å². The molecule has 0 atom stereocenters. The molecule has 0 fully saturated rings. The van der Waals surface area contributed by atoms with Crippen molar-refractivity contribution < 1.29 is 18.3 Å². The van der Waals surface area contributed by atoms with Gasteiger partial charge in [0.2, 0.25) is 0 Å². The highest BCUT2D eigenvalue weighted by Crippen LogP contribution is 2.29. The first-order valence-electron chi connectivity index (χ1n) is 6.48. The highest BCUT2D eigenvalue weighted by Gasteiger charge is 2.11. The molecule has 0 aliphatic rings. The lowest BCUT2D eigenvalue weighted by Crippen LogP contribution is -2.17. The molecule has 0 saturated carbocycles. The van der Waals surface area contributed by atoms with E-state index in [2.05, 4.69) is 20.0 Å². The molecule has 114 valence electrons. The van der Waals surface area contributed by atoms with Gasteiger partial charge in [-0.3, -0.25) is 0 Å². The third kappa shape index (κ3) is 4.71. The number of nitrogens with one attached hydrogen (secondary N) is 2. The Hall–Kier alpha value is -2.15. The van der Waals surface area contributed by atoms with Crippen LogP contribution in [0.3, 0.4) is 0 Å². The first-order chi connectivity index (χ1) is 10.2. The molecule has 0 saturated heterocycles. The number of rotatable bonds is 8. The van der Waals surface area contributed by atoms with E-state index in [0.717, 1.165) is 24.2 Å². The quantitative estimate of drug-likeness (QED) is 0.734. The van der Waals surface area contributed by atoms with E-state index >= 15 is 0 Å². The molecule has 1 heterocycles. The molecule has 2 N–H and O–H groups in total. The monoisotopic (exact) mass is 297 g/mol. The number of alkyl halides is 2. The minimum Gasteiger partial charge on any atom is -0.493 e. The van der Waals surface area contributed by atoms with Crippen LogP contribution >= 0.6 is 0 Å². The van der Waals surface area contributed by atoms with Gasteiger partial charge in [0.25, 0.3) is 0 Å². The Kier molecular flexibility index (Phi) is 5.51. The molecule has 0 aliphatic carbocycles. The average molecular weight is 297 g/mol. The summed E-state index contributed by atoms with van der Waals surface area (Å²) < 4.78 is 34.1. The van der Waals surface area contributed by atoms with E-state index in [1.807, 2.05) is 0 Å². The second kappa shape index (κ2) is 7.58. The SMILES string of the molecule is COc1ccc(CNCCc2cnc[nH]2)cc1OC(F)F. The van der Waals surface area contributed by atoms with E-state index < -0.39 is 6.61 Å². The standard InChI is InChI=1S/C14H17F2N3O2/c1-20-12-3-2-10(6-13(12)21-14(15)16)7-17-5-4-11-8-18-9-19-11/h2-3,6,8-9,14,17H,4-5,7H2,1H3,(H,18,19). The summed E-state index contributed by atoms with van der Waals surface area (Å²) in [6, 6.07) is 4.97. The molecule has 0 aliphatic heterocycles. The number of aromatic amines is 1. The van der Waals surface area contributed by atoms with Gasteiger partial charge >= 0.3 is 6.61 Å². The third-order valence-corrected chi connectivity index (χ3v) is 2.90. The van der Waals surface area contributed by atoms with Crippen molar-refractivity contribution in [2.75, 3.05) is 13.7 Å². The Balaban J connectivity index is 1.87. The van der Waals surface area contributed by atoms with Crippen molar-refractivity contribution in [1.29, 1.82) is 0 Å². The predicted molar refractivity (Wildman–Crippen MR) is 73.6 cm³/mol. The van der Waals surface area contributed by atoms with Crippen molar-refractivity contribution in [3.05, 3.63) is 42.0 Å². The highest BCUT2D eigenvalue weighted by atomic mass is 19.3. The average Bonchev–Trinajstić information content (AvgIpc) is 2.96. The molecular formula is C14H17F2N3O2. The van der Waals surface area contributed by atoms with Crippen LogP contribution in [0.15, 0.2) is 30.7 Å². The van der Waals surface area contributed by atoms with Crippen LogP contribution in [0.5, 0.6) is 11.5 Å². The number of hydrogen-bond acceptors (Lipinski definition) is 4. The summed E-state index contributed by atoms with van der Waals surface area (Å²) in [5.74, 6) is 0.330. The summed E-state index contributed by atoms with van der Waals surface area (Å²) in [6.45, 7) is -1.57. The van der Waals surface area contributed by atoms with Gasteiger partial charge in [-0.05, 0) is 17.7 Å². The van der Waals surface area contributed by atoms with Gasteiger partial charge in [-0.15, -0.1) is 0 Å². The lowest BCUT2D eigenvalue weighted by atomic mass is 10.2. The number of H-pyrrole nitrogens is 1. The molecule has 21 heavy (non-hydrogen) atoms. The number of methoxy groups -OCH3 is 1. The lowest BCUT2D eigenvalue weighted by Gasteiger charge is -2.12. The largest absolute Gasteiger partial charge is 0.493 e. The zero-order valence-corrected chi connectivity index (χ0v) is 11.6. The zero-order valence-electron chi connectivity index (χ0n) is 11.6. The van der Waals surface area contributed by atoms with E-state index in [9.17, 15) is 8.78 Å². The van der Waals surface area contributed by atoms with E-state index in [4.69, 9.17) is 4.74 Å². The fourth-order valence-corrected chi connectivity index (χ4v) is 1.90. The van der Waals surface area contributed by atoms with E-state index in [1.165, 1.54) is 7.11 Å². The van der Waals surface area contributed by atoms with Crippen molar-refractivity contribution >= 4 is 0 Å². The lowest BCUT2D eigenvalue weighted by molar-refractivity contribution is -0.0512. The molecule has 2 aromatic rings. The minimum absolute atomic E-state index is 0.0420. The molecule has 0 spiro atoms. The van der Waals surface area contributed by atoms with Gasteiger partial charge < -0.3 is 19.8 Å². The Bertz CT molecular complexity index is 547. The number of aromatic nitrogens is 2. The summed E-state index contributed by atoms with van der Waals surface area (Å²) in [5, 5.41) is 3.23. The number of nitrogens with zero attached hydrogens (tertiary/aromatic N) is 1. The number of ether oxygens (including phenoxy) is 2. The van der Waals surface area contributed by atoms with Crippen LogP contribution in [0, 0.1) is 0 Å². The van der Waals surface area contributed by atoms with Crippen LogP contribution in [0.4, 0.5) is 8.78 Å². The van der Waals surface area contributed by atoms with Crippen molar-refractivity contribution in [2.45, 2.75) is 19.6 Å². The maximum atomic E-state index is 12.3.